The van der Waals surface area contributed by atoms with Crippen LogP contribution in [0.4, 0.5) is 0 Å². The van der Waals surface area contributed by atoms with E-state index in [1.165, 1.54) is 21.8 Å². The number of aromatic nitrogens is 4. The fraction of sp³-hybridized carbons (Fsp3) is 0.250. The molecule has 0 atom stereocenters. The van der Waals surface area contributed by atoms with Crippen molar-refractivity contribution in [2.24, 2.45) is 0 Å². The molecule has 0 radical (unpaired) electrons. The molecular weight excluding hydrogens is 262 g/mol. The predicted molar refractivity (Wildman–Crippen MR) is 68.9 cm³/mol. The van der Waals surface area contributed by atoms with Gasteiger partial charge >= 0.3 is 5.97 Å². The maximum absolute atomic E-state index is 11.7. The smallest absolute Gasteiger partial charge is 0.339 e. The number of nitrogens with zero attached hydrogens (tertiary/aromatic N) is 5. The standard InChI is InChI=1S/C12H13N5O3/c1-7-8(12(19)20)6-17(15-7)10-5-4-9(13-14-10)11(18)16(2)3/h4-6H,1-3H3,(H,19,20). The lowest BCUT2D eigenvalue weighted by Crippen LogP contribution is -2.23. The van der Waals surface area contributed by atoms with Gasteiger partial charge < -0.3 is 10.0 Å². The quantitative estimate of drug-likeness (QED) is 0.868. The molecule has 104 valence electrons. The van der Waals surface area contributed by atoms with E-state index in [1.807, 2.05) is 0 Å². The second-order valence-electron chi connectivity index (χ2n) is 4.35. The molecule has 2 aromatic heterocycles. The molecule has 2 heterocycles. The molecule has 0 bridgehead atoms. The van der Waals surface area contributed by atoms with Crippen molar-refractivity contribution in [1.29, 1.82) is 0 Å². The van der Waals surface area contributed by atoms with Crippen molar-refractivity contribution >= 4 is 11.9 Å². The van der Waals surface area contributed by atoms with Gasteiger partial charge in [0.05, 0.1) is 5.69 Å². The van der Waals surface area contributed by atoms with Gasteiger partial charge in [-0.1, -0.05) is 0 Å². The lowest BCUT2D eigenvalue weighted by atomic mass is 10.3. The fourth-order valence-electron chi connectivity index (χ4n) is 1.58. The Balaban J connectivity index is 2.33. The summed E-state index contributed by atoms with van der Waals surface area (Å²) in [5, 5.41) is 20.7. The van der Waals surface area contributed by atoms with Crippen LogP contribution >= 0.6 is 0 Å². The molecule has 0 spiro atoms. The van der Waals surface area contributed by atoms with Gasteiger partial charge in [-0.2, -0.15) is 5.10 Å². The third kappa shape index (κ3) is 2.48. The minimum atomic E-state index is -1.05. The van der Waals surface area contributed by atoms with Crippen molar-refractivity contribution in [2.45, 2.75) is 6.92 Å². The summed E-state index contributed by atoms with van der Waals surface area (Å²) in [5.41, 5.74) is 0.689. The van der Waals surface area contributed by atoms with Crippen LogP contribution in [0.25, 0.3) is 5.82 Å². The van der Waals surface area contributed by atoms with Gasteiger partial charge in [0, 0.05) is 20.3 Å². The zero-order valence-electron chi connectivity index (χ0n) is 11.2. The summed E-state index contributed by atoms with van der Waals surface area (Å²) >= 11 is 0. The van der Waals surface area contributed by atoms with Crippen molar-refractivity contribution in [2.75, 3.05) is 14.1 Å². The van der Waals surface area contributed by atoms with Crippen molar-refractivity contribution in [3.05, 3.63) is 35.3 Å². The number of carboxylic acid groups (broad SMARTS) is 1. The Bertz CT molecular complexity index is 660. The van der Waals surface area contributed by atoms with Gasteiger partial charge in [-0.05, 0) is 19.1 Å². The van der Waals surface area contributed by atoms with Crippen LogP contribution in [0.2, 0.25) is 0 Å². The van der Waals surface area contributed by atoms with E-state index in [-0.39, 0.29) is 17.2 Å². The summed E-state index contributed by atoms with van der Waals surface area (Å²) in [5.74, 6) is -0.969. The summed E-state index contributed by atoms with van der Waals surface area (Å²) in [6.45, 7) is 1.59. The molecule has 1 amide bonds. The molecule has 2 aromatic rings. The Morgan fingerprint density at radius 3 is 2.40 bits per heavy atom. The summed E-state index contributed by atoms with van der Waals surface area (Å²) < 4.78 is 1.32. The Morgan fingerprint density at radius 1 is 1.25 bits per heavy atom. The average Bonchev–Trinajstić information content (AvgIpc) is 2.80. The first kappa shape index (κ1) is 13.7. The number of carboxylic acids is 1. The Kier molecular flexibility index (Phi) is 3.47. The number of aryl methyl sites for hydroxylation is 1. The SMILES string of the molecule is Cc1nn(-c2ccc(C(=O)N(C)C)nn2)cc1C(=O)O. The van der Waals surface area contributed by atoms with E-state index in [9.17, 15) is 9.59 Å². The monoisotopic (exact) mass is 275 g/mol. The van der Waals surface area contributed by atoms with Crippen LogP contribution in [0.15, 0.2) is 18.3 Å². The van der Waals surface area contributed by atoms with Crippen LogP contribution in [-0.2, 0) is 0 Å². The lowest BCUT2D eigenvalue weighted by Gasteiger charge is -2.08. The molecule has 0 unspecified atom stereocenters. The van der Waals surface area contributed by atoms with Crippen molar-refractivity contribution < 1.29 is 14.7 Å². The van der Waals surface area contributed by atoms with E-state index in [4.69, 9.17) is 5.11 Å². The van der Waals surface area contributed by atoms with E-state index in [2.05, 4.69) is 15.3 Å². The van der Waals surface area contributed by atoms with Crippen molar-refractivity contribution in [3.8, 4) is 5.82 Å². The van der Waals surface area contributed by atoms with Gasteiger partial charge in [-0.3, -0.25) is 4.79 Å². The molecule has 0 aliphatic heterocycles. The largest absolute Gasteiger partial charge is 0.478 e. The second kappa shape index (κ2) is 5.08. The molecule has 2 rings (SSSR count). The van der Waals surface area contributed by atoms with E-state index >= 15 is 0 Å². The molecule has 0 aliphatic rings. The minimum Gasteiger partial charge on any atom is -0.478 e. The molecular formula is C12H13N5O3. The van der Waals surface area contributed by atoms with E-state index in [0.29, 0.717) is 11.5 Å². The second-order valence-corrected chi connectivity index (χ2v) is 4.35. The molecule has 0 aromatic carbocycles. The first-order chi connectivity index (χ1) is 9.40. The Morgan fingerprint density at radius 2 is 1.95 bits per heavy atom. The number of amides is 1. The maximum Gasteiger partial charge on any atom is 0.339 e. The zero-order chi connectivity index (χ0) is 14.9. The van der Waals surface area contributed by atoms with E-state index in [1.54, 1.807) is 27.1 Å². The first-order valence-electron chi connectivity index (χ1n) is 5.75. The minimum absolute atomic E-state index is 0.0974. The highest BCUT2D eigenvalue weighted by Gasteiger charge is 2.14. The van der Waals surface area contributed by atoms with Crippen LogP contribution in [0, 0.1) is 6.92 Å². The maximum atomic E-state index is 11.7. The van der Waals surface area contributed by atoms with Gasteiger partial charge in [-0.25, -0.2) is 9.48 Å². The van der Waals surface area contributed by atoms with Gasteiger partial charge in [0.2, 0.25) is 0 Å². The third-order valence-corrected chi connectivity index (χ3v) is 2.64. The first-order valence-corrected chi connectivity index (χ1v) is 5.75. The number of hydrogen-bond donors (Lipinski definition) is 1. The number of aromatic carboxylic acids is 1. The molecule has 0 saturated carbocycles. The Labute approximate surface area is 114 Å². The lowest BCUT2D eigenvalue weighted by molar-refractivity contribution is 0.0695. The van der Waals surface area contributed by atoms with Crippen LogP contribution < -0.4 is 0 Å². The number of carbonyl (C=O) groups is 2. The fourth-order valence-corrected chi connectivity index (χ4v) is 1.58. The summed E-state index contributed by atoms with van der Waals surface area (Å²) in [6.07, 6.45) is 1.36. The van der Waals surface area contributed by atoms with E-state index < -0.39 is 5.97 Å². The molecule has 8 heteroatoms. The summed E-state index contributed by atoms with van der Waals surface area (Å²) in [4.78, 5) is 24.0. The highest BCUT2D eigenvalue weighted by molar-refractivity contribution is 5.91. The summed E-state index contributed by atoms with van der Waals surface area (Å²) in [7, 11) is 3.24. The van der Waals surface area contributed by atoms with Gasteiger partial charge in [-0.15, -0.1) is 10.2 Å². The van der Waals surface area contributed by atoms with Crippen molar-refractivity contribution in [1.82, 2.24) is 24.9 Å². The number of rotatable bonds is 3. The summed E-state index contributed by atoms with van der Waals surface area (Å²) in [6, 6.07) is 3.07. The number of hydrogen-bond acceptors (Lipinski definition) is 5. The van der Waals surface area contributed by atoms with Crippen LogP contribution in [0.3, 0.4) is 0 Å². The van der Waals surface area contributed by atoms with Gasteiger partial charge in [0.15, 0.2) is 11.5 Å². The van der Waals surface area contributed by atoms with Gasteiger partial charge in [0.1, 0.15) is 5.56 Å². The molecule has 0 saturated heterocycles. The zero-order valence-corrected chi connectivity index (χ0v) is 11.2. The Hall–Kier alpha value is -2.77. The van der Waals surface area contributed by atoms with Crippen molar-refractivity contribution in [3.63, 3.8) is 0 Å². The van der Waals surface area contributed by atoms with E-state index in [0.717, 1.165) is 0 Å². The normalized spacial score (nSPS) is 10.3. The average molecular weight is 275 g/mol. The molecule has 0 aliphatic carbocycles. The molecule has 0 fully saturated rings. The molecule has 8 nitrogen and oxygen atoms in total. The molecule has 20 heavy (non-hydrogen) atoms. The topological polar surface area (TPSA) is 101 Å². The van der Waals surface area contributed by atoms with Crippen LogP contribution in [0.1, 0.15) is 26.5 Å². The van der Waals surface area contributed by atoms with Crippen LogP contribution in [-0.4, -0.2) is 56.0 Å². The highest BCUT2D eigenvalue weighted by atomic mass is 16.4. The number of carbonyl (C=O) groups excluding carboxylic acids is 1. The van der Waals surface area contributed by atoms with Gasteiger partial charge in [0.25, 0.3) is 5.91 Å². The third-order valence-electron chi connectivity index (χ3n) is 2.64. The molecule has 1 N–H and O–H groups in total. The predicted octanol–water partition coefficient (Wildman–Crippen LogP) is 0.371. The highest BCUT2D eigenvalue weighted by Crippen LogP contribution is 2.10. The van der Waals surface area contributed by atoms with Crippen LogP contribution in [0.5, 0.6) is 0 Å².